The number of anilines is 6. The van der Waals surface area contributed by atoms with Crippen molar-refractivity contribution in [3.8, 4) is 6.07 Å². The molecule has 238 valence electrons. The average molecular weight is 742 g/mol. The minimum atomic E-state index is 0.277. The van der Waals surface area contributed by atoms with E-state index in [4.69, 9.17) is 16.6 Å². The molecule has 4 rings (SSSR count). The lowest BCUT2D eigenvalue weighted by Crippen LogP contribution is -2.26. The van der Waals surface area contributed by atoms with E-state index < -0.39 is 0 Å². The van der Waals surface area contributed by atoms with Crippen molar-refractivity contribution in [3.05, 3.63) is 47.3 Å². The van der Waals surface area contributed by atoms with Crippen LogP contribution in [0.1, 0.15) is 50.9 Å². The summed E-state index contributed by atoms with van der Waals surface area (Å²) in [5, 5.41) is 22.2. The van der Waals surface area contributed by atoms with Crippen molar-refractivity contribution < 1.29 is 0 Å². The van der Waals surface area contributed by atoms with Crippen LogP contribution in [0.2, 0.25) is 0 Å². The van der Waals surface area contributed by atoms with E-state index in [9.17, 15) is 5.26 Å². The monoisotopic (exact) mass is 741 g/mol. The van der Waals surface area contributed by atoms with Crippen molar-refractivity contribution in [1.29, 1.82) is 5.26 Å². The number of hydrazone groups is 1. The molecule has 1 fully saturated rings. The third-order valence-electron chi connectivity index (χ3n) is 7.22. The molecule has 2 unspecified atom stereocenters. The Morgan fingerprint density at radius 1 is 1.29 bits per heavy atom. The summed E-state index contributed by atoms with van der Waals surface area (Å²) in [6.07, 6.45) is 3.80. The Kier molecular flexibility index (Phi) is 11.7. The fourth-order valence-corrected chi connectivity index (χ4v) is 7.20. The van der Waals surface area contributed by atoms with Crippen LogP contribution in [-0.2, 0) is 6.42 Å². The zero-order valence-electron chi connectivity index (χ0n) is 26.3. The molecule has 3 heterocycles. The molecule has 2 aromatic heterocycles. The van der Waals surface area contributed by atoms with Gasteiger partial charge in [-0.2, -0.15) is 5.26 Å². The minimum absolute atomic E-state index is 0.277. The molecule has 0 saturated carbocycles. The first kappa shape index (κ1) is 34.1. The predicted molar refractivity (Wildman–Crippen MR) is 196 cm³/mol. The first-order valence-corrected chi connectivity index (χ1v) is 18.8. The molecular formula is C30H41IN13P. The second-order valence-corrected chi connectivity index (χ2v) is 13.5. The number of pyridine rings is 1. The zero-order valence-corrected chi connectivity index (χ0v) is 29.5. The molecule has 1 aromatic carbocycles. The second-order valence-electron chi connectivity index (χ2n) is 11.3. The maximum Gasteiger partial charge on any atom is 0.185 e. The highest BCUT2D eigenvalue weighted by atomic mass is 127. The maximum atomic E-state index is 9.92. The largest absolute Gasteiger partial charge is 0.382 e. The number of halogens is 1. The van der Waals surface area contributed by atoms with E-state index >= 15 is 0 Å². The van der Waals surface area contributed by atoms with Crippen LogP contribution in [0.25, 0.3) is 0 Å². The van der Waals surface area contributed by atoms with Gasteiger partial charge in [-0.25, -0.2) is 25.9 Å². The van der Waals surface area contributed by atoms with Crippen LogP contribution >= 0.6 is 28.4 Å². The topological polar surface area (TPSA) is 173 Å². The van der Waals surface area contributed by atoms with Crippen LogP contribution in [0, 0.1) is 23.2 Å². The van der Waals surface area contributed by atoms with Gasteiger partial charge in [0.15, 0.2) is 29.0 Å². The van der Waals surface area contributed by atoms with Gasteiger partial charge in [-0.15, -0.1) is 5.10 Å². The Hall–Kier alpha value is -3.80. The van der Waals surface area contributed by atoms with E-state index in [1.54, 1.807) is 13.2 Å². The first-order chi connectivity index (χ1) is 21.6. The first-order valence-electron chi connectivity index (χ1n) is 14.7. The summed E-state index contributed by atoms with van der Waals surface area (Å²) in [5.74, 6) is 9.21. The number of nitriles is 1. The molecule has 13 nitrogen and oxygen atoms in total. The second kappa shape index (κ2) is 15.5. The molecule has 1 aliphatic rings. The van der Waals surface area contributed by atoms with Gasteiger partial charge in [0.1, 0.15) is 17.6 Å². The van der Waals surface area contributed by atoms with Gasteiger partial charge >= 0.3 is 0 Å². The summed E-state index contributed by atoms with van der Waals surface area (Å²) in [6, 6.07) is 9.90. The number of nitrogens with zero attached hydrogens (tertiary/aromatic N) is 9. The lowest BCUT2D eigenvalue weighted by atomic mass is 10.0. The lowest BCUT2D eigenvalue weighted by molar-refractivity contribution is 0.371. The number of hydrogen-bond acceptors (Lipinski definition) is 12. The number of aromatic nitrogens is 3. The van der Waals surface area contributed by atoms with Gasteiger partial charge in [0.25, 0.3) is 0 Å². The van der Waals surface area contributed by atoms with Crippen LogP contribution in [0.4, 0.5) is 40.3 Å². The molecule has 0 aliphatic carbocycles. The van der Waals surface area contributed by atoms with Crippen molar-refractivity contribution in [2.75, 3.05) is 46.9 Å². The Balaban J connectivity index is 1.80. The van der Waals surface area contributed by atoms with E-state index in [-0.39, 0.29) is 5.69 Å². The summed E-state index contributed by atoms with van der Waals surface area (Å²) < 4.78 is 2.19. The molecule has 15 heteroatoms. The van der Waals surface area contributed by atoms with Crippen LogP contribution < -0.4 is 31.8 Å². The number of rotatable bonds is 13. The molecule has 0 amide bonds. The van der Waals surface area contributed by atoms with Crippen LogP contribution in [0.3, 0.4) is 0 Å². The number of aliphatic imine (C=N–C) groups is 1. The number of hydrazine groups is 1. The summed E-state index contributed by atoms with van der Waals surface area (Å²) in [7, 11) is 1.62. The van der Waals surface area contributed by atoms with Gasteiger partial charge in [0.2, 0.25) is 0 Å². The van der Waals surface area contributed by atoms with Crippen LogP contribution in [0.15, 0.2) is 40.6 Å². The Morgan fingerprint density at radius 2 is 2.07 bits per heavy atom. The Labute approximate surface area is 279 Å². The standard InChI is InChI=1S/C30H41IN13P/c1-7-20-21(28(33)41-42(6)34)9-8-10-22(20)37-23-13-25(40-30(27(23)35-5)44(45-31)16-18(2)3)39-26-15-36-29(24(14-32)38-26)43-12-11-19(4)17-43/h8-10,13,15,18-19,45H,5,7,11-12,16-17,34H2,1-4,6H3,(H2,33,41)(H2,37,38,39,40). The molecule has 0 bridgehead atoms. The molecule has 0 radical (unpaired) electrons. The molecule has 1 saturated heterocycles. The van der Waals surface area contributed by atoms with Gasteiger partial charge < -0.3 is 25.9 Å². The number of nitrogens with two attached hydrogens (primary N) is 2. The van der Waals surface area contributed by atoms with E-state index in [2.05, 4.69) is 103 Å². The normalized spacial score (nSPS) is 15.0. The highest BCUT2D eigenvalue weighted by molar-refractivity contribution is 14.2. The molecular weight excluding hydrogens is 700 g/mol. The summed E-state index contributed by atoms with van der Waals surface area (Å²) >= 11 is 2.36. The fraction of sp³-hybridized carbons (Fsp3) is 0.400. The minimum Gasteiger partial charge on any atom is -0.382 e. The third-order valence-corrected chi connectivity index (χ3v) is 9.56. The number of nitrogens with one attached hydrogen (secondary N) is 2. The average Bonchev–Trinajstić information content (AvgIpc) is 3.44. The van der Waals surface area contributed by atoms with Crippen molar-refractivity contribution in [2.45, 2.75) is 40.5 Å². The molecule has 45 heavy (non-hydrogen) atoms. The van der Waals surface area contributed by atoms with Gasteiger partial charge in [-0.3, -0.25) is 4.99 Å². The third kappa shape index (κ3) is 8.27. The van der Waals surface area contributed by atoms with Gasteiger partial charge in [0, 0.05) is 50.4 Å². The van der Waals surface area contributed by atoms with Gasteiger partial charge in [-0.05, 0) is 65.1 Å². The predicted octanol–water partition coefficient (Wildman–Crippen LogP) is 5.80. The van der Waals surface area contributed by atoms with Crippen molar-refractivity contribution in [1.82, 2.24) is 20.1 Å². The highest BCUT2D eigenvalue weighted by Crippen LogP contribution is 2.44. The Morgan fingerprint density at radius 3 is 2.67 bits per heavy atom. The van der Waals surface area contributed by atoms with Gasteiger partial charge in [0.05, 0.1) is 11.9 Å². The number of hydrogen-bond donors (Lipinski definition) is 4. The molecule has 6 N–H and O–H groups in total. The SMILES string of the molecule is C=Nc1c(Nc2cccc(/C(N)=N/N(C)N)c2CC)cc(Nc2cnc(N3CCC(C)C3)c(C#N)n2)nc1N(CC(C)C)PI. The van der Waals surface area contributed by atoms with E-state index in [1.165, 1.54) is 5.12 Å². The summed E-state index contributed by atoms with van der Waals surface area (Å²) in [4.78, 5) is 20.8. The van der Waals surface area contributed by atoms with Crippen molar-refractivity contribution in [2.24, 2.45) is 33.5 Å². The van der Waals surface area contributed by atoms with E-state index in [0.29, 0.717) is 65.1 Å². The summed E-state index contributed by atoms with van der Waals surface area (Å²) in [6.45, 7) is 15.0. The number of amidine groups is 1. The zero-order chi connectivity index (χ0) is 32.7. The molecule has 2 atom stereocenters. The van der Waals surface area contributed by atoms with Crippen LogP contribution in [-0.4, -0.2) is 59.3 Å². The quantitative estimate of drug-likeness (QED) is 0.0417. The van der Waals surface area contributed by atoms with E-state index in [1.807, 2.05) is 24.3 Å². The van der Waals surface area contributed by atoms with Crippen LogP contribution in [0.5, 0.6) is 0 Å². The molecule has 1 aliphatic heterocycles. The highest BCUT2D eigenvalue weighted by Gasteiger charge is 2.24. The maximum absolute atomic E-state index is 9.92. The smallest absolute Gasteiger partial charge is 0.185 e. The molecule has 3 aromatic rings. The lowest BCUT2D eigenvalue weighted by Gasteiger charge is -2.26. The van der Waals surface area contributed by atoms with Crippen molar-refractivity contribution >= 4 is 81.3 Å². The Bertz CT molecular complexity index is 1590. The van der Waals surface area contributed by atoms with Gasteiger partial charge in [-0.1, -0.05) is 39.8 Å². The fourth-order valence-electron chi connectivity index (χ4n) is 5.26. The molecule has 0 spiro atoms. The number of benzene rings is 1. The van der Waals surface area contributed by atoms with E-state index in [0.717, 1.165) is 42.9 Å². The van der Waals surface area contributed by atoms with Crippen molar-refractivity contribution in [3.63, 3.8) is 0 Å². The summed E-state index contributed by atoms with van der Waals surface area (Å²) in [5.41, 5.74) is 10.5.